The highest BCUT2D eigenvalue weighted by Gasteiger charge is 2.05. The van der Waals surface area contributed by atoms with Crippen molar-refractivity contribution in [3.05, 3.63) is 48.9 Å². The third-order valence-corrected chi connectivity index (χ3v) is 2.96. The molecule has 0 saturated heterocycles. The van der Waals surface area contributed by atoms with E-state index in [1.165, 1.54) is 0 Å². The van der Waals surface area contributed by atoms with Gasteiger partial charge >= 0.3 is 0 Å². The SMILES string of the molecule is CCCNc1ccc2nc(-c3ccccn3)cn2c1. The van der Waals surface area contributed by atoms with Crippen molar-refractivity contribution < 1.29 is 0 Å². The van der Waals surface area contributed by atoms with Gasteiger partial charge in [0.05, 0.1) is 11.4 Å². The first-order chi connectivity index (χ1) is 9.36. The molecule has 0 atom stereocenters. The van der Waals surface area contributed by atoms with Crippen LogP contribution in [0.5, 0.6) is 0 Å². The van der Waals surface area contributed by atoms with Crippen molar-refractivity contribution in [1.29, 1.82) is 0 Å². The largest absolute Gasteiger partial charge is 0.384 e. The molecule has 0 radical (unpaired) electrons. The molecule has 3 heterocycles. The molecule has 0 fully saturated rings. The maximum Gasteiger partial charge on any atom is 0.137 e. The number of fused-ring (bicyclic) bond motifs is 1. The molecule has 0 aliphatic heterocycles. The molecule has 96 valence electrons. The summed E-state index contributed by atoms with van der Waals surface area (Å²) in [7, 11) is 0. The number of pyridine rings is 2. The second-order valence-corrected chi connectivity index (χ2v) is 4.45. The molecule has 1 N–H and O–H groups in total. The van der Waals surface area contributed by atoms with Crippen LogP contribution in [0.15, 0.2) is 48.9 Å². The van der Waals surface area contributed by atoms with Crippen molar-refractivity contribution in [1.82, 2.24) is 14.4 Å². The highest BCUT2D eigenvalue weighted by Crippen LogP contribution is 2.18. The summed E-state index contributed by atoms with van der Waals surface area (Å²) in [4.78, 5) is 8.90. The molecule has 3 rings (SSSR count). The smallest absolute Gasteiger partial charge is 0.137 e. The van der Waals surface area contributed by atoms with E-state index < -0.39 is 0 Å². The Labute approximate surface area is 112 Å². The Morgan fingerprint density at radius 2 is 2.05 bits per heavy atom. The van der Waals surface area contributed by atoms with E-state index in [1.807, 2.05) is 34.9 Å². The van der Waals surface area contributed by atoms with Gasteiger partial charge in [-0.1, -0.05) is 13.0 Å². The fourth-order valence-electron chi connectivity index (χ4n) is 2.00. The minimum Gasteiger partial charge on any atom is -0.384 e. The summed E-state index contributed by atoms with van der Waals surface area (Å²) < 4.78 is 2.03. The van der Waals surface area contributed by atoms with E-state index in [4.69, 9.17) is 0 Å². The van der Waals surface area contributed by atoms with Crippen LogP contribution in [0.4, 0.5) is 5.69 Å². The summed E-state index contributed by atoms with van der Waals surface area (Å²) in [5.41, 5.74) is 3.84. The van der Waals surface area contributed by atoms with Crippen molar-refractivity contribution in [3.63, 3.8) is 0 Å². The minimum atomic E-state index is 0.897. The second-order valence-electron chi connectivity index (χ2n) is 4.45. The van der Waals surface area contributed by atoms with Crippen LogP contribution in [0, 0.1) is 0 Å². The van der Waals surface area contributed by atoms with Crippen molar-refractivity contribution in [2.75, 3.05) is 11.9 Å². The predicted octanol–water partition coefficient (Wildman–Crippen LogP) is 3.22. The number of imidazole rings is 1. The lowest BCUT2D eigenvalue weighted by Crippen LogP contribution is -2.00. The van der Waals surface area contributed by atoms with Gasteiger partial charge in [-0.2, -0.15) is 0 Å². The number of aromatic nitrogens is 3. The van der Waals surface area contributed by atoms with Crippen molar-refractivity contribution in [3.8, 4) is 11.4 Å². The van der Waals surface area contributed by atoms with Gasteiger partial charge in [-0.3, -0.25) is 4.98 Å². The van der Waals surface area contributed by atoms with E-state index in [0.717, 1.165) is 35.7 Å². The van der Waals surface area contributed by atoms with Crippen LogP contribution < -0.4 is 5.32 Å². The number of rotatable bonds is 4. The van der Waals surface area contributed by atoms with Gasteiger partial charge in [0.2, 0.25) is 0 Å². The summed E-state index contributed by atoms with van der Waals surface area (Å²) in [6.45, 7) is 3.13. The van der Waals surface area contributed by atoms with E-state index in [1.54, 1.807) is 6.20 Å². The van der Waals surface area contributed by atoms with Gasteiger partial charge in [0.1, 0.15) is 11.3 Å². The van der Waals surface area contributed by atoms with Gasteiger partial charge in [-0.05, 0) is 30.7 Å². The topological polar surface area (TPSA) is 42.2 Å². The van der Waals surface area contributed by atoms with Crippen LogP contribution in [0.25, 0.3) is 17.0 Å². The van der Waals surface area contributed by atoms with Crippen molar-refractivity contribution >= 4 is 11.3 Å². The molecule has 4 heteroatoms. The summed E-state index contributed by atoms with van der Waals surface area (Å²) in [5, 5.41) is 3.37. The first-order valence-electron chi connectivity index (χ1n) is 6.51. The molecule has 0 aromatic carbocycles. The molecule has 19 heavy (non-hydrogen) atoms. The Morgan fingerprint density at radius 3 is 2.84 bits per heavy atom. The van der Waals surface area contributed by atoms with Crippen LogP contribution in [0.2, 0.25) is 0 Å². The average molecular weight is 252 g/mol. The third-order valence-electron chi connectivity index (χ3n) is 2.96. The molecular weight excluding hydrogens is 236 g/mol. The Hall–Kier alpha value is -2.36. The first-order valence-corrected chi connectivity index (χ1v) is 6.51. The molecule has 0 bridgehead atoms. The molecule has 0 aliphatic carbocycles. The summed E-state index contributed by atoms with van der Waals surface area (Å²) >= 11 is 0. The lowest BCUT2D eigenvalue weighted by Gasteiger charge is -2.04. The lowest BCUT2D eigenvalue weighted by atomic mass is 10.3. The summed E-state index contributed by atoms with van der Waals surface area (Å²) in [6.07, 6.45) is 6.97. The van der Waals surface area contributed by atoms with Crippen LogP contribution in [0.3, 0.4) is 0 Å². The average Bonchev–Trinajstić information content (AvgIpc) is 2.89. The van der Waals surface area contributed by atoms with Gasteiger partial charge in [0.25, 0.3) is 0 Å². The van der Waals surface area contributed by atoms with Crippen LogP contribution in [-0.4, -0.2) is 20.9 Å². The Balaban J connectivity index is 1.97. The molecule has 0 spiro atoms. The summed E-state index contributed by atoms with van der Waals surface area (Å²) in [5.74, 6) is 0. The van der Waals surface area contributed by atoms with E-state index in [-0.39, 0.29) is 0 Å². The molecule has 4 nitrogen and oxygen atoms in total. The summed E-state index contributed by atoms with van der Waals surface area (Å²) in [6, 6.07) is 9.93. The van der Waals surface area contributed by atoms with Crippen LogP contribution >= 0.6 is 0 Å². The number of anilines is 1. The Morgan fingerprint density at radius 1 is 1.11 bits per heavy atom. The van der Waals surface area contributed by atoms with Crippen molar-refractivity contribution in [2.45, 2.75) is 13.3 Å². The molecule has 0 saturated carbocycles. The normalized spacial score (nSPS) is 10.8. The van der Waals surface area contributed by atoms with Gasteiger partial charge in [0.15, 0.2) is 0 Å². The number of nitrogens with zero attached hydrogens (tertiary/aromatic N) is 3. The first kappa shape index (κ1) is 11.7. The standard InChI is InChI=1S/C15H16N4/c1-2-8-16-12-6-7-15-18-14(11-19(15)10-12)13-5-3-4-9-17-13/h3-7,9-11,16H,2,8H2,1H3. The zero-order valence-corrected chi connectivity index (χ0v) is 10.9. The van der Waals surface area contributed by atoms with E-state index in [0.29, 0.717) is 0 Å². The van der Waals surface area contributed by atoms with Crippen LogP contribution in [-0.2, 0) is 0 Å². The fraction of sp³-hybridized carbons (Fsp3) is 0.200. The zero-order chi connectivity index (χ0) is 13.1. The molecule has 0 aliphatic rings. The van der Waals surface area contributed by atoms with Crippen molar-refractivity contribution in [2.24, 2.45) is 0 Å². The number of nitrogens with one attached hydrogen (secondary N) is 1. The Kier molecular flexibility index (Phi) is 3.14. The monoisotopic (exact) mass is 252 g/mol. The Bertz CT molecular complexity index is 673. The molecule has 3 aromatic heterocycles. The van der Waals surface area contributed by atoms with E-state index >= 15 is 0 Å². The molecule has 0 amide bonds. The molecule has 0 unspecified atom stereocenters. The zero-order valence-electron chi connectivity index (χ0n) is 10.9. The van der Waals surface area contributed by atoms with E-state index in [2.05, 4.69) is 34.5 Å². The third kappa shape index (κ3) is 2.42. The second kappa shape index (κ2) is 5.10. The quantitative estimate of drug-likeness (QED) is 0.775. The lowest BCUT2D eigenvalue weighted by molar-refractivity contribution is 0.976. The highest BCUT2D eigenvalue weighted by atomic mass is 15.0. The predicted molar refractivity (Wildman–Crippen MR) is 77.2 cm³/mol. The van der Waals surface area contributed by atoms with Gasteiger partial charge in [-0.15, -0.1) is 0 Å². The molecular formula is C15H16N4. The number of hydrogen-bond donors (Lipinski definition) is 1. The fourth-order valence-corrected chi connectivity index (χ4v) is 2.00. The van der Waals surface area contributed by atoms with Gasteiger partial charge in [-0.25, -0.2) is 4.98 Å². The van der Waals surface area contributed by atoms with Gasteiger partial charge < -0.3 is 9.72 Å². The van der Waals surface area contributed by atoms with E-state index in [9.17, 15) is 0 Å². The molecule has 3 aromatic rings. The highest BCUT2D eigenvalue weighted by molar-refractivity contribution is 5.60. The number of hydrogen-bond acceptors (Lipinski definition) is 3. The van der Waals surface area contributed by atoms with Gasteiger partial charge in [0, 0.05) is 25.1 Å². The maximum atomic E-state index is 4.58. The minimum absolute atomic E-state index is 0.897. The van der Waals surface area contributed by atoms with Crippen LogP contribution in [0.1, 0.15) is 13.3 Å². The maximum absolute atomic E-state index is 4.58.